The number of carboxylic acids is 1. The molecule has 0 unspecified atom stereocenters. The molecule has 2 aliphatic rings. The maximum Gasteiger partial charge on any atom is 0.353 e. The van der Waals surface area contributed by atoms with Gasteiger partial charge in [0.25, 0.3) is 0 Å². The fraction of sp³-hybridized carbons (Fsp3) is 0.476. The first kappa shape index (κ1) is 21.6. The minimum atomic E-state index is -0.822. The lowest BCUT2D eigenvalue weighted by Gasteiger charge is -2.37. The summed E-state index contributed by atoms with van der Waals surface area (Å²) in [6.07, 6.45) is 2.23. The molecule has 1 aromatic heterocycles. The second-order valence-electron chi connectivity index (χ2n) is 7.90. The van der Waals surface area contributed by atoms with Crippen LogP contribution in [0.15, 0.2) is 30.6 Å². The van der Waals surface area contributed by atoms with Gasteiger partial charge in [0, 0.05) is 45.0 Å². The lowest BCUT2D eigenvalue weighted by molar-refractivity contribution is -0.383. The van der Waals surface area contributed by atoms with Crippen LogP contribution in [0.5, 0.6) is 5.75 Å². The van der Waals surface area contributed by atoms with Crippen molar-refractivity contribution in [2.75, 3.05) is 61.1 Å². The number of hydrogen-bond donors (Lipinski definition) is 1. The van der Waals surface area contributed by atoms with Crippen molar-refractivity contribution in [2.45, 2.75) is 12.8 Å². The van der Waals surface area contributed by atoms with Gasteiger partial charge in [-0.3, -0.25) is 14.9 Å². The topological polar surface area (TPSA) is 125 Å². The normalized spacial score (nSPS) is 17.3. The number of hydrogen-bond acceptors (Lipinski definition) is 9. The molecular formula is C21H26N6O5. The minimum Gasteiger partial charge on any atom is -0.497 e. The Morgan fingerprint density at radius 3 is 2.03 bits per heavy atom. The van der Waals surface area contributed by atoms with Crippen molar-refractivity contribution in [2.24, 2.45) is 5.92 Å². The zero-order chi connectivity index (χ0) is 22.7. The molecule has 0 radical (unpaired) electrons. The average molecular weight is 442 g/mol. The molecule has 3 heterocycles. The summed E-state index contributed by atoms with van der Waals surface area (Å²) < 4.78 is 5.21. The summed E-state index contributed by atoms with van der Waals surface area (Å²) in [7, 11) is 1.63. The van der Waals surface area contributed by atoms with Gasteiger partial charge in [0.1, 0.15) is 12.1 Å². The van der Waals surface area contributed by atoms with Crippen LogP contribution in [0.2, 0.25) is 0 Å². The molecule has 1 aromatic carbocycles. The molecule has 0 saturated carbocycles. The molecule has 170 valence electrons. The number of carboxylic acid groups (broad SMARTS) is 1. The molecule has 0 spiro atoms. The van der Waals surface area contributed by atoms with Gasteiger partial charge in [-0.1, -0.05) is 0 Å². The van der Waals surface area contributed by atoms with Crippen molar-refractivity contribution < 1.29 is 19.6 Å². The summed E-state index contributed by atoms with van der Waals surface area (Å²) in [5, 5.41) is 21.2. The summed E-state index contributed by atoms with van der Waals surface area (Å²) >= 11 is 0. The number of nitrogens with zero attached hydrogens (tertiary/aromatic N) is 6. The predicted octanol–water partition coefficient (Wildman–Crippen LogP) is 2.02. The highest BCUT2D eigenvalue weighted by Crippen LogP contribution is 2.36. The van der Waals surface area contributed by atoms with Crippen LogP contribution in [0.4, 0.5) is 23.0 Å². The lowest BCUT2D eigenvalue weighted by atomic mass is 9.97. The number of methoxy groups -OCH3 is 1. The molecule has 2 aliphatic heterocycles. The number of benzene rings is 1. The molecule has 0 amide bonds. The van der Waals surface area contributed by atoms with Crippen LogP contribution in [0, 0.1) is 16.0 Å². The minimum absolute atomic E-state index is 0.112. The van der Waals surface area contributed by atoms with E-state index >= 15 is 0 Å². The number of aliphatic carboxylic acids is 1. The number of carbonyl (C=O) groups is 1. The zero-order valence-electron chi connectivity index (χ0n) is 17.9. The van der Waals surface area contributed by atoms with Crippen LogP contribution in [-0.2, 0) is 4.79 Å². The highest BCUT2D eigenvalue weighted by molar-refractivity contribution is 5.73. The van der Waals surface area contributed by atoms with Crippen molar-refractivity contribution in [3.8, 4) is 5.75 Å². The van der Waals surface area contributed by atoms with Crippen LogP contribution < -0.4 is 19.4 Å². The molecule has 11 nitrogen and oxygen atoms in total. The molecule has 2 fully saturated rings. The van der Waals surface area contributed by atoms with E-state index in [-0.39, 0.29) is 11.5 Å². The van der Waals surface area contributed by atoms with E-state index in [2.05, 4.69) is 14.9 Å². The van der Waals surface area contributed by atoms with Gasteiger partial charge in [-0.2, -0.15) is 0 Å². The van der Waals surface area contributed by atoms with Crippen molar-refractivity contribution in [1.82, 2.24) is 9.97 Å². The third-order valence-corrected chi connectivity index (χ3v) is 6.13. The lowest BCUT2D eigenvalue weighted by Crippen LogP contribution is -2.47. The van der Waals surface area contributed by atoms with E-state index in [4.69, 9.17) is 4.74 Å². The van der Waals surface area contributed by atoms with Gasteiger partial charge in [-0.25, -0.2) is 9.97 Å². The van der Waals surface area contributed by atoms with Crippen molar-refractivity contribution in [1.29, 1.82) is 0 Å². The van der Waals surface area contributed by atoms with E-state index in [9.17, 15) is 20.0 Å². The molecule has 32 heavy (non-hydrogen) atoms. The average Bonchev–Trinajstić information content (AvgIpc) is 2.83. The Kier molecular flexibility index (Phi) is 6.24. The number of aromatic nitrogens is 2. The van der Waals surface area contributed by atoms with E-state index in [0.717, 1.165) is 11.4 Å². The van der Waals surface area contributed by atoms with Crippen molar-refractivity contribution in [3.05, 3.63) is 40.7 Å². The molecule has 4 rings (SSSR count). The van der Waals surface area contributed by atoms with E-state index < -0.39 is 16.8 Å². The molecule has 0 aliphatic carbocycles. The van der Waals surface area contributed by atoms with Crippen molar-refractivity contribution >= 4 is 29.0 Å². The maximum absolute atomic E-state index is 12.0. The van der Waals surface area contributed by atoms with Crippen LogP contribution in [0.1, 0.15) is 12.8 Å². The SMILES string of the molecule is COc1ccc(N2CCN(c3ncnc(N4CCC(C(=O)O)CC4)c3[N+](=O)[O-])CC2)cc1. The number of rotatable bonds is 6. The van der Waals surface area contributed by atoms with Crippen LogP contribution >= 0.6 is 0 Å². The fourth-order valence-corrected chi connectivity index (χ4v) is 4.29. The highest BCUT2D eigenvalue weighted by Gasteiger charge is 2.34. The van der Waals surface area contributed by atoms with Gasteiger partial charge in [0.2, 0.25) is 11.6 Å². The first-order chi connectivity index (χ1) is 15.5. The molecular weight excluding hydrogens is 416 g/mol. The van der Waals surface area contributed by atoms with E-state index in [1.165, 1.54) is 6.33 Å². The second kappa shape index (κ2) is 9.25. The standard InChI is InChI=1S/C21H26N6O5/c1-32-17-4-2-16(3-5-17)24-10-12-26(13-11-24)20-18(27(30)31)19(22-14-23-20)25-8-6-15(7-9-25)21(28)29/h2-5,14-15H,6-13H2,1H3,(H,28,29). The van der Waals surface area contributed by atoms with Crippen LogP contribution in [0.25, 0.3) is 0 Å². The Bertz CT molecular complexity index is 969. The molecule has 0 bridgehead atoms. The van der Waals surface area contributed by atoms with Crippen LogP contribution in [0.3, 0.4) is 0 Å². The maximum atomic E-state index is 12.0. The van der Waals surface area contributed by atoms with Gasteiger partial charge in [-0.15, -0.1) is 0 Å². The third kappa shape index (κ3) is 4.36. The molecule has 0 atom stereocenters. The summed E-state index contributed by atoms with van der Waals surface area (Å²) in [5.41, 5.74) is 0.962. The van der Waals surface area contributed by atoms with E-state index in [1.54, 1.807) is 12.0 Å². The Morgan fingerprint density at radius 1 is 1.00 bits per heavy atom. The smallest absolute Gasteiger partial charge is 0.353 e. The van der Waals surface area contributed by atoms with E-state index in [0.29, 0.717) is 57.9 Å². The molecule has 11 heteroatoms. The molecule has 2 aromatic rings. The largest absolute Gasteiger partial charge is 0.497 e. The number of nitro groups is 1. The summed E-state index contributed by atoms with van der Waals surface area (Å²) in [6, 6.07) is 7.83. The number of ether oxygens (including phenoxy) is 1. The van der Waals surface area contributed by atoms with Gasteiger partial charge in [0.15, 0.2) is 0 Å². The summed E-state index contributed by atoms with van der Waals surface area (Å²) in [4.78, 5) is 37.2. The number of piperazine rings is 1. The third-order valence-electron chi connectivity index (χ3n) is 6.13. The number of anilines is 3. The molecule has 2 saturated heterocycles. The van der Waals surface area contributed by atoms with E-state index in [1.807, 2.05) is 29.2 Å². The van der Waals surface area contributed by atoms with Gasteiger partial charge < -0.3 is 24.5 Å². The van der Waals surface area contributed by atoms with Crippen LogP contribution in [-0.4, -0.2) is 72.3 Å². The highest BCUT2D eigenvalue weighted by atomic mass is 16.6. The number of piperidine rings is 1. The first-order valence-corrected chi connectivity index (χ1v) is 10.6. The fourth-order valence-electron chi connectivity index (χ4n) is 4.29. The Labute approximate surface area is 185 Å². The molecule has 1 N–H and O–H groups in total. The second-order valence-corrected chi connectivity index (χ2v) is 7.90. The summed E-state index contributed by atoms with van der Waals surface area (Å²) in [5.74, 6) is 0.134. The van der Waals surface area contributed by atoms with Crippen molar-refractivity contribution in [3.63, 3.8) is 0 Å². The predicted molar refractivity (Wildman–Crippen MR) is 119 cm³/mol. The van der Waals surface area contributed by atoms with Gasteiger partial charge >= 0.3 is 11.7 Å². The first-order valence-electron chi connectivity index (χ1n) is 10.6. The zero-order valence-corrected chi connectivity index (χ0v) is 17.9. The Balaban J connectivity index is 1.50. The Hall–Kier alpha value is -3.63. The van der Waals surface area contributed by atoms with Gasteiger partial charge in [0.05, 0.1) is 18.0 Å². The van der Waals surface area contributed by atoms with Gasteiger partial charge in [-0.05, 0) is 37.1 Å². The Morgan fingerprint density at radius 2 is 1.53 bits per heavy atom. The monoisotopic (exact) mass is 442 g/mol. The quantitative estimate of drug-likeness (QED) is 0.524. The summed E-state index contributed by atoms with van der Waals surface area (Å²) in [6.45, 7) is 3.41.